The Balaban J connectivity index is 1.10. The summed E-state index contributed by atoms with van der Waals surface area (Å²) in [5.74, 6) is 0.105. The number of rotatable bonds is 18. The topological polar surface area (TPSA) is 172 Å². The van der Waals surface area contributed by atoms with Gasteiger partial charge in [0.25, 0.3) is 11.8 Å². The van der Waals surface area contributed by atoms with E-state index in [0.717, 1.165) is 12.1 Å². The zero-order valence-corrected chi connectivity index (χ0v) is 28.3. The van der Waals surface area contributed by atoms with Crippen molar-refractivity contribution in [2.45, 2.75) is 12.7 Å². The third kappa shape index (κ3) is 12.5. The summed E-state index contributed by atoms with van der Waals surface area (Å²) in [5.41, 5.74) is 1.59. The minimum absolute atomic E-state index is 0.0739. The van der Waals surface area contributed by atoms with E-state index in [-0.39, 0.29) is 36.0 Å². The number of aromatic nitrogens is 3. The minimum atomic E-state index is -4.47. The van der Waals surface area contributed by atoms with E-state index in [1.165, 1.54) is 24.3 Å². The van der Waals surface area contributed by atoms with Crippen LogP contribution in [0.5, 0.6) is 5.75 Å². The maximum Gasteiger partial charge on any atom is 0.416 e. The Hall–Kier alpha value is -6.26. The molecule has 2 amide bonds. The Morgan fingerprint density at radius 3 is 1.83 bits per heavy atom. The molecule has 5 aromatic rings. The van der Waals surface area contributed by atoms with Crippen molar-refractivity contribution < 1.29 is 37.3 Å². The number of nitrogens with one attached hydrogen (secondary N) is 5. The molecule has 0 aliphatic carbocycles. The van der Waals surface area contributed by atoms with Gasteiger partial charge in [-0.15, -0.1) is 0 Å². The fourth-order valence-corrected chi connectivity index (χ4v) is 4.70. The van der Waals surface area contributed by atoms with Gasteiger partial charge in [-0.25, -0.2) is 0 Å². The predicted molar refractivity (Wildman–Crippen MR) is 192 cm³/mol. The van der Waals surface area contributed by atoms with Gasteiger partial charge in [0.2, 0.25) is 17.8 Å². The van der Waals surface area contributed by atoms with Gasteiger partial charge in [-0.05, 0) is 78.4 Å². The van der Waals surface area contributed by atoms with E-state index in [1.807, 2.05) is 6.07 Å². The van der Waals surface area contributed by atoms with E-state index in [0.29, 0.717) is 67.6 Å². The predicted octanol–water partition coefficient (Wildman–Crippen LogP) is 5.89. The molecule has 16 heteroatoms. The molecule has 0 spiro atoms. The third-order valence-corrected chi connectivity index (χ3v) is 7.34. The van der Waals surface area contributed by atoms with Crippen LogP contribution in [-0.4, -0.2) is 71.4 Å². The molecule has 4 aromatic carbocycles. The number of carbonyl (C=O) groups excluding carboxylic acids is 2. The van der Waals surface area contributed by atoms with Crippen LogP contribution in [0, 0.1) is 0 Å². The number of phenolic OH excluding ortho intramolecular Hbond substituents is 1. The van der Waals surface area contributed by atoms with Gasteiger partial charge in [-0.3, -0.25) is 9.59 Å². The summed E-state index contributed by atoms with van der Waals surface area (Å²) in [5, 5.41) is 24.3. The number of benzene rings is 4. The van der Waals surface area contributed by atoms with Crippen molar-refractivity contribution in [1.29, 1.82) is 0 Å². The highest BCUT2D eigenvalue weighted by Gasteiger charge is 2.30. The molecule has 0 fully saturated rings. The number of anilines is 5. The Kier molecular flexibility index (Phi) is 13.5. The lowest BCUT2D eigenvalue weighted by molar-refractivity contribution is -0.137. The quantitative estimate of drug-likeness (QED) is 0.0469. The lowest BCUT2D eigenvalue weighted by Crippen LogP contribution is -2.27. The van der Waals surface area contributed by atoms with Gasteiger partial charge in [0.15, 0.2) is 0 Å². The summed E-state index contributed by atoms with van der Waals surface area (Å²) >= 11 is 0. The molecule has 1 heterocycles. The van der Waals surface area contributed by atoms with Crippen LogP contribution in [0.3, 0.4) is 0 Å². The molecule has 0 aliphatic heterocycles. The second-order valence-corrected chi connectivity index (χ2v) is 11.3. The number of alkyl halides is 3. The van der Waals surface area contributed by atoms with E-state index < -0.39 is 17.6 Å². The third-order valence-electron chi connectivity index (χ3n) is 7.34. The van der Waals surface area contributed by atoms with Gasteiger partial charge in [-0.1, -0.05) is 30.3 Å². The molecule has 53 heavy (non-hydrogen) atoms. The molecular weight excluding hydrogens is 693 g/mol. The molecule has 0 atom stereocenters. The lowest BCUT2D eigenvalue weighted by Gasteiger charge is -2.12. The summed E-state index contributed by atoms with van der Waals surface area (Å²) in [6.45, 7) is 2.01. The number of halogens is 3. The van der Waals surface area contributed by atoms with E-state index in [1.54, 1.807) is 60.7 Å². The van der Waals surface area contributed by atoms with Crippen LogP contribution in [-0.2, 0) is 22.2 Å². The second-order valence-electron chi connectivity index (χ2n) is 11.3. The lowest BCUT2D eigenvalue weighted by atomic mass is 10.1. The SMILES string of the molecule is O=C(NCCOCCOCCNc1nc(Nc2ccc(O)cc2)nc(Nc2ccc(C(=O)NCc3cccc(C(F)(F)F)c3)cc2)n1)c1ccccc1. The molecule has 13 nitrogen and oxygen atoms in total. The normalized spacial score (nSPS) is 11.1. The fourth-order valence-electron chi connectivity index (χ4n) is 4.70. The van der Waals surface area contributed by atoms with E-state index in [4.69, 9.17) is 9.47 Å². The van der Waals surface area contributed by atoms with Gasteiger partial charge in [0.1, 0.15) is 5.75 Å². The van der Waals surface area contributed by atoms with Crippen molar-refractivity contribution >= 4 is 41.0 Å². The summed E-state index contributed by atoms with van der Waals surface area (Å²) < 4.78 is 50.2. The van der Waals surface area contributed by atoms with Gasteiger partial charge in [0, 0.05) is 42.1 Å². The largest absolute Gasteiger partial charge is 0.508 e. The molecular formula is C37H37F3N8O5. The van der Waals surface area contributed by atoms with Crippen LogP contribution in [0.25, 0.3) is 0 Å². The van der Waals surface area contributed by atoms with Crippen LogP contribution in [0.2, 0.25) is 0 Å². The molecule has 0 saturated heterocycles. The van der Waals surface area contributed by atoms with E-state index in [2.05, 4.69) is 41.5 Å². The van der Waals surface area contributed by atoms with Gasteiger partial charge in [-0.2, -0.15) is 28.1 Å². The highest BCUT2D eigenvalue weighted by molar-refractivity contribution is 5.94. The number of amides is 2. The summed E-state index contributed by atoms with van der Waals surface area (Å²) in [4.78, 5) is 38.0. The van der Waals surface area contributed by atoms with Crippen molar-refractivity contribution in [3.63, 3.8) is 0 Å². The van der Waals surface area contributed by atoms with Crippen molar-refractivity contribution in [2.24, 2.45) is 0 Å². The fraction of sp³-hybridized carbons (Fsp3) is 0.216. The van der Waals surface area contributed by atoms with Crippen molar-refractivity contribution in [3.8, 4) is 5.75 Å². The highest BCUT2D eigenvalue weighted by Crippen LogP contribution is 2.29. The molecule has 5 rings (SSSR count). The number of ether oxygens (including phenoxy) is 2. The minimum Gasteiger partial charge on any atom is -0.508 e. The maximum atomic E-state index is 13.0. The highest BCUT2D eigenvalue weighted by atomic mass is 19.4. The molecule has 1 aromatic heterocycles. The molecule has 0 aliphatic rings. The van der Waals surface area contributed by atoms with Crippen LogP contribution >= 0.6 is 0 Å². The Morgan fingerprint density at radius 2 is 1.19 bits per heavy atom. The zero-order chi connectivity index (χ0) is 37.5. The number of hydrogen-bond acceptors (Lipinski definition) is 11. The standard InChI is InChI=1S/C37H37F3N8O5/c38-37(39,40)28-8-4-5-25(23-28)24-43-33(51)27-9-11-29(12-10-27)44-35-46-34(47-36(48-35)45-30-13-15-31(49)16-14-30)42-18-20-53-22-21-52-19-17-41-32(50)26-6-2-1-3-7-26/h1-16,23,49H,17-22,24H2,(H,41,50)(H,43,51)(H3,42,44,45,46,47,48). The molecule has 0 radical (unpaired) electrons. The van der Waals surface area contributed by atoms with Gasteiger partial charge < -0.3 is 41.2 Å². The first-order valence-corrected chi connectivity index (χ1v) is 16.5. The van der Waals surface area contributed by atoms with Crippen LogP contribution in [0.15, 0.2) is 103 Å². The first-order chi connectivity index (χ1) is 25.6. The van der Waals surface area contributed by atoms with Crippen LogP contribution < -0.4 is 26.6 Å². The number of aromatic hydroxyl groups is 1. The summed E-state index contributed by atoms with van der Waals surface area (Å²) in [6, 6.07) is 26.4. The molecule has 0 saturated carbocycles. The van der Waals surface area contributed by atoms with Gasteiger partial charge in [0.05, 0.1) is 32.0 Å². The molecule has 6 N–H and O–H groups in total. The van der Waals surface area contributed by atoms with E-state index >= 15 is 0 Å². The number of nitrogens with zero attached hydrogens (tertiary/aromatic N) is 3. The Bertz CT molecular complexity index is 1930. The van der Waals surface area contributed by atoms with Crippen LogP contribution in [0.1, 0.15) is 31.8 Å². The van der Waals surface area contributed by atoms with Crippen molar-refractivity contribution in [3.05, 3.63) is 125 Å². The molecule has 276 valence electrons. The number of hydrogen-bond donors (Lipinski definition) is 6. The Morgan fingerprint density at radius 1 is 0.623 bits per heavy atom. The molecule has 0 unspecified atom stereocenters. The Labute approximate surface area is 303 Å². The maximum absolute atomic E-state index is 13.0. The first-order valence-electron chi connectivity index (χ1n) is 16.5. The van der Waals surface area contributed by atoms with E-state index in [9.17, 15) is 27.9 Å². The number of phenols is 1. The van der Waals surface area contributed by atoms with Crippen molar-refractivity contribution in [2.75, 3.05) is 55.5 Å². The average Bonchev–Trinajstić information content (AvgIpc) is 3.16. The smallest absolute Gasteiger partial charge is 0.416 e. The van der Waals surface area contributed by atoms with Crippen molar-refractivity contribution in [1.82, 2.24) is 25.6 Å². The number of carbonyl (C=O) groups is 2. The monoisotopic (exact) mass is 730 g/mol. The van der Waals surface area contributed by atoms with Crippen LogP contribution in [0.4, 0.5) is 42.4 Å². The first kappa shape index (κ1) is 38.0. The summed E-state index contributed by atoms with van der Waals surface area (Å²) in [6.07, 6.45) is -4.47. The molecule has 0 bridgehead atoms. The average molecular weight is 731 g/mol. The van der Waals surface area contributed by atoms with Gasteiger partial charge >= 0.3 is 6.18 Å². The summed E-state index contributed by atoms with van der Waals surface area (Å²) in [7, 11) is 0. The second kappa shape index (κ2) is 18.8. The zero-order valence-electron chi connectivity index (χ0n) is 28.3.